The van der Waals surface area contributed by atoms with Gasteiger partial charge in [0, 0.05) is 41.4 Å². The Morgan fingerprint density at radius 3 is 2.81 bits per heavy atom. The first-order valence-electron chi connectivity index (χ1n) is 7.60. The molecular formula is C16H24N2O2S. The second-order valence-corrected chi connectivity index (χ2v) is 7.12. The lowest BCUT2D eigenvalue weighted by Crippen LogP contribution is -2.48. The maximum absolute atomic E-state index is 12.1. The monoisotopic (exact) mass is 308 g/mol. The lowest BCUT2D eigenvalue weighted by Gasteiger charge is -2.33. The highest BCUT2D eigenvalue weighted by atomic mass is 32.2. The number of rotatable bonds is 5. The Morgan fingerprint density at radius 2 is 2.10 bits per heavy atom. The SMILES string of the molecule is C[C@H]1CCCCN1C(=O)NCC[S@@](=O)Cc1ccccc1. The number of urea groups is 1. The van der Waals surface area contributed by atoms with Crippen molar-refractivity contribution in [2.24, 2.45) is 0 Å². The zero-order chi connectivity index (χ0) is 15.1. The third kappa shape index (κ3) is 5.16. The first-order chi connectivity index (χ1) is 10.2. The molecule has 1 N–H and O–H groups in total. The number of piperidine rings is 1. The van der Waals surface area contributed by atoms with Crippen LogP contribution in [0, 0.1) is 0 Å². The Labute approximate surface area is 129 Å². The van der Waals surface area contributed by atoms with E-state index < -0.39 is 10.8 Å². The van der Waals surface area contributed by atoms with Crippen LogP contribution < -0.4 is 5.32 Å². The van der Waals surface area contributed by atoms with Crippen LogP contribution in [0.4, 0.5) is 4.79 Å². The summed E-state index contributed by atoms with van der Waals surface area (Å²) in [5, 5.41) is 2.89. The van der Waals surface area contributed by atoms with Crippen molar-refractivity contribution in [2.45, 2.75) is 38.0 Å². The number of benzene rings is 1. The van der Waals surface area contributed by atoms with Gasteiger partial charge >= 0.3 is 6.03 Å². The highest BCUT2D eigenvalue weighted by Crippen LogP contribution is 2.15. The van der Waals surface area contributed by atoms with E-state index in [4.69, 9.17) is 0 Å². The van der Waals surface area contributed by atoms with Gasteiger partial charge in [0.2, 0.25) is 0 Å². The fourth-order valence-electron chi connectivity index (χ4n) is 2.61. The van der Waals surface area contributed by atoms with Gasteiger partial charge in [-0.25, -0.2) is 4.79 Å². The van der Waals surface area contributed by atoms with Crippen molar-refractivity contribution in [2.75, 3.05) is 18.8 Å². The van der Waals surface area contributed by atoms with Gasteiger partial charge in [-0.2, -0.15) is 0 Å². The number of amides is 2. The van der Waals surface area contributed by atoms with E-state index in [1.54, 1.807) is 0 Å². The molecule has 4 nitrogen and oxygen atoms in total. The van der Waals surface area contributed by atoms with Crippen LogP contribution in [0.25, 0.3) is 0 Å². The number of likely N-dealkylation sites (tertiary alicyclic amines) is 1. The molecule has 5 heteroatoms. The Morgan fingerprint density at radius 1 is 1.33 bits per heavy atom. The predicted octanol–water partition coefficient (Wildman–Crippen LogP) is 2.52. The molecule has 1 heterocycles. The molecule has 0 bridgehead atoms. The molecule has 1 aliphatic rings. The second-order valence-electron chi connectivity index (χ2n) is 5.54. The molecule has 1 aromatic rings. The van der Waals surface area contributed by atoms with Crippen LogP contribution in [0.3, 0.4) is 0 Å². The Hall–Kier alpha value is -1.36. The van der Waals surface area contributed by atoms with Crippen LogP contribution in [0.15, 0.2) is 30.3 Å². The molecule has 1 saturated heterocycles. The van der Waals surface area contributed by atoms with Crippen molar-refractivity contribution < 1.29 is 9.00 Å². The number of nitrogens with one attached hydrogen (secondary N) is 1. The smallest absolute Gasteiger partial charge is 0.317 e. The lowest BCUT2D eigenvalue weighted by atomic mass is 10.0. The van der Waals surface area contributed by atoms with Gasteiger partial charge in [-0.1, -0.05) is 30.3 Å². The minimum absolute atomic E-state index is 0.0149. The maximum atomic E-state index is 12.1. The van der Waals surface area contributed by atoms with E-state index in [-0.39, 0.29) is 6.03 Å². The van der Waals surface area contributed by atoms with Crippen LogP contribution in [0.1, 0.15) is 31.7 Å². The number of hydrogen-bond donors (Lipinski definition) is 1. The number of carbonyl (C=O) groups excluding carboxylic acids is 1. The zero-order valence-corrected chi connectivity index (χ0v) is 13.4. The third-order valence-corrected chi connectivity index (χ3v) is 5.16. The zero-order valence-electron chi connectivity index (χ0n) is 12.6. The first kappa shape index (κ1) is 16.0. The number of carbonyl (C=O) groups is 1. The van der Waals surface area contributed by atoms with Gasteiger partial charge in [0.1, 0.15) is 0 Å². The van der Waals surface area contributed by atoms with Crippen molar-refractivity contribution in [3.63, 3.8) is 0 Å². The summed E-state index contributed by atoms with van der Waals surface area (Å²) in [4.78, 5) is 14.0. The van der Waals surface area contributed by atoms with E-state index in [9.17, 15) is 9.00 Å². The fourth-order valence-corrected chi connectivity index (χ4v) is 3.64. The van der Waals surface area contributed by atoms with Gasteiger partial charge in [-0.05, 0) is 31.7 Å². The second kappa shape index (κ2) is 8.17. The Kier molecular flexibility index (Phi) is 6.23. The standard InChI is InChI=1S/C16H24N2O2S/c1-14-7-5-6-11-18(14)16(19)17-10-12-21(20)13-15-8-3-2-4-9-15/h2-4,8-9,14H,5-7,10-13H2,1H3,(H,17,19)/t14-,21+/m0/s1. The van der Waals surface area contributed by atoms with Crippen molar-refractivity contribution >= 4 is 16.8 Å². The van der Waals surface area contributed by atoms with Crippen molar-refractivity contribution in [1.82, 2.24) is 10.2 Å². The molecular weight excluding hydrogens is 284 g/mol. The quantitative estimate of drug-likeness (QED) is 0.908. The summed E-state index contributed by atoms with van der Waals surface area (Å²) in [6.45, 7) is 3.40. The van der Waals surface area contributed by atoms with Crippen molar-refractivity contribution in [3.8, 4) is 0 Å². The Balaban J connectivity index is 1.69. The summed E-state index contributed by atoms with van der Waals surface area (Å²) in [6, 6.07) is 10.1. The van der Waals surface area contributed by atoms with Gasteiger partial charge in [0.15, 0.2) is 0 Å². The molecule has 1 aliphatic heterocycles. The third-order valence-electron chi connectivity index (χ3n) is 3.84. The molecule has 1 aromatic carbocycles. The molecule has 0 aromatic heterocycles. The largest absolute Gasteiger partial charge is 0.337 e. The molecule has 21 heavy (non-hydrogen) atoms. The van der Waals surface area contributed by atoms with Gasteiger partial charge in [0.25, 0.3) is 0 Å². The molecule has 0 radical (unpaired) electrons. The first-order valence-corrected chi connectivity index (χ1v) is 9.09. The predicted molar refractivity (Wildman–Crippen MR) is 86.6 cm³/mol. The summed E-state index contributed by atoms with van der Waals surface area (Å²) in [6.07, 6.45) is 3.36. The van der Waals surface area contributed by atoms with E-state index in [0.717, 1.165) is 24.9 Å². The highest BCUT2D eigenvalue weighted by Gasteiger charge is 2.22. The van der Waals surface area contributed by atoms with Crippen LogP contribution in [0.5, 0.6) is 0 Å². The van der Waals surface area contributed by atoms with E-state index in [0.29, 0.717) is 24.1 Å². The normalized spacial score (nSPS) is 20.0. The molecule has 2 rings (SSSR count). The van der Waals surface area contributed by atoms with E-state index in [1.165, 1.54) is 6.42 Å². The van der Waals surface area contributed by atoms with Crippen LogP contribution in [-0.2, 0) is 16.6 Å². The fraction of sp³-hybridized carbons (Fsp3) is 0.562. The number of hydrogen-bond acceptors (Lipinski definition) is 2. The summed E-state index contributed by atoms with van der Waals surface area (Å²) in [7, 11) is -0.934. The van der Waals surface area contributed by atoms with Crippen LogP contribution >= 0.6 is 0 Å². The molecule has 116 valence electrons. The van der Waals surface area contributed by atoms with Gasteiger partial charge in [-0.15, -0.1) is 0 Å². The molecule has 0 spiro atoms. The minimum atomic E-state index is -0.934. The van der Waals surface area contributed by atoms with Gasteiger partial charge < -0.3 is 10.2 Å². The summed E-state index contributed by atoms with van der Waals surface area (Å²) in [5.74, 6) is 1.06. The van der Waals surface area contributed by atoms with Crippen molar-refractivity contribution in [1.29, 1.82) is 0 Å². The van der Waals surface area contributed by atoms with E-state index >= 15 is 0 Å². The van der Waals surface area contributed by atoms with Crippen molar-refractivity contribution in [3.05, 3.63) is 35.9 Å². The molecule has 2 atom stereocenters. The van der Waals surface area contributed by atoms with E-state index in [1.807, 2.05) is 35.2 Å². The average Bonchev–Trinajstić information content (AvgIpc) is 2.48. The minimum Gasteiger partial charge on any atom is -0.337 e. The lowest BCUT2D eigenvalue weighted by molar-refractivity contribution is 0.159. The molecule has 0 unspecified atom stereocenters. The molecule has 0 saturated carbocycles. The van der Waals surface area contributed by atoms with Crippen LogP contribution in [0.2, 0.25) is 0 Å². The van der Waals surface area contributed by atoms with Gasteiger partial charge in [-0.3, -0.25) is 4.21 Å². The Bertz CT molecular complexity index is 478. The highest BCUT2D eigenvalue weighted by molar-refractivity contribution is 7.84. The molecule has 0 aliphatic carbocycles. The number of nitrogens with zero attached hydrogens (tertiary/aromatic N) is 1. The molecule has 1 fully saturated rings. The summed E-state index contributed by atoms with van der Waals surface area (Å²) < 4.78 is 12.0. The average molecular weight is 308 g/mol. The van der Waals surface area contributed by atoms with Crippen LogP contribution in [-0.4, -0.2) is 40.0 Å². The van der Waals surface area contributed by atoms with E-state index in [2.05, 4.69) is 12.2 Å². The molecule has 2 amide bonds. The topological polar surface area (TPSA) is 49.4 Å². The summed E-state index contributed by atoms with van der Waals surface area (Å²) >= 11 is 0. The maximum Gasteiger partial charge on any atom is 0.317 e. The van der Waals surface area contributed by atoms with Gasteiger partial charge in [0.05, 0.1) is 0 Å². The summed E-state index contributed by atoms with van der Waals surface area (Å²) in [5.41, 5.74) is 1.08.